The molecule has 0 aromatic heterocycles. The van der Waals surface area contributed by atoms with Crippen LogP contribution < -0.4 is 0 Å². The molecular weight excluding hydrogens is 219 g/mol. The maximum absolute atomic E-state index is 10.1. The summed E-state index contributed by atoms with van der Waals surface area (Å²) in [5.74, 6) is 0. The molecule has 0 aliphatic rings. The minimum Gasteiger partial charge on any atom is -0.385 e. The molecule has 1 aromatic carbocycles. The monoisotopic (exact) mass is 232 g/mol. The number of halogens is 2. The third-order valence-corrected chi connectivity index (χ3v) is 3.02. The van der Waals surface area contributed by atoms with Crippen LogP contribution in [-0.2, 0) is 5.60 Å². The fourth-order valence-corrected chi connectivity index (χ4v) is 1.76. The molecule has 0 heterocycles. The lowest BCUT2D eigenvalue weighted by molar-refractivity contribution is 0.0470. The van der Waals surface area contributed by atoms with Crippen LogP contribution in [0.25, 0.3) is 0 Å². The fourth-order valence-electron chi connectivity index (χ4n) is 1.46. The van der Waals surface area contributed by atoms with E-state index in [2.05, 4.69) is 0 Å². The predicted molar refractivity (Wildman–Crippen MR) is 60.9 cm³/mol. The Kier molecular flexibility index (Phi) is 3.82. The molecule has 0 spiro atoms. The third kappa shape index (κ3) is 2.63. The topological polar surface area (TPSA) is 20.2 Å². The number of aliphatic hydroxyl groups is 1. The van der Waals surface area contributed by atoms with Gasteiger partial charge in [-0.3, -0.25) is 0 Å². The summed E-state index contributed by atoms with van der Waals surface area (Å²) in [7, 11) is 0. The zero-order chi connectivity index (χ0) is 10.8. The second-order valence-corrected chi connectivity index (χ2v) is 4.47. The van der Waals surface area contributed by atoms with Crippen LogP contribution in [0.3, 0.4) is 0 Å². The van der Waals surface area contributed by atoms with Gasteiger partial charge in [0.15, 0.2) is 0 Å². The predicted octanol–water partition coefficient (Wildman–Crippen LogP) is 4.00. The molecule has 78 valence electrons. The fraction of sp³-hybridized carbons (Fsp3) is 0.455. The Balaban J connectivity index is 3.01. The van der Waals surface area contributed by atoms with E-state index in [4.69, 9.17) is 23.2 Å². The van der Waals surface area contributed by atoms with Crippen LogP contribution in [0.2, 0.25) is 10.0 Å². The zero-order valence-electron chi connectivity index (χ0n) is 8.35. The van der Waals surface area contributed by atoms with Crippen molar-refractivity contribution in [3.8, 4) is 0 Å². The highest BCUT2D eigenvalue weighted by molar-refractivity contribution is 6.42. The highest BCUT2D eigenvalue weighted by Gasteiger charge is 2.22. The van der Waals surface area contributed by atoms with Crippen molar-refractivity contribution < 1.29 is 5.11 Å². The molecule has 0 fully saturated rings. The van der Waals surface area contributed by atoms with Crippen molar-refractivity contribution in [3.63, 3.8) is 0 Å². The van der Waals surface area contributed by atoms with E-state index < -0.39 is 5.60 Å². The van der Waals surface area contributed by atoms with Gasteiger partial charge in [-0.1, -0.05) is 42.6 Å². The minimum absolute atomic E-state index is 0.487. The smallest absolute Gasteiger partial charge is 0.0869 e. The summed E-state index contributed by atoms with van der Waals surface area (Å²) in [5.41, 5.74) is -0.00283. The lowest BCUT2D eigenvalue weighted by Crippen LogP contribution is -2.20. The van der Waals surface area contributed by atoms with Gasteiger partial charge in [0.1, 0.15) is 0 Å². The van der Waals surface area contributed by atoms with Crippen LogP contribution in [0.1, 0.15) is 32.3 Å². The average Bonchev–Trinajstić information content (AvgIpc) is 2.09. The minimum atomic E-state index is -0.816. The van der Waals surface area contributed by atoms with Gasteiger partial charge in [0.2, 0.25) is 0 Å². The van der Waals surface area contributed by atoms with Crippen molar-refractivity contribution in [1.29, 1.82) is 0 Å². The largest absolute Gasteiger partial charge is 0.385 e. The van der Waals surface area contributed by atoms with Crippen LogP contribution in [0.5, 0.6) is 0 Å². The summed E-state index contributed by atoms with van der Waals surface area (Å²) in [4.78, 5) is 0. The molecule has 0 bridgehead atoms. The zero-order valence-corrected chi connectivity index (χ0v) is 9.86. The first kappa shape index (κ1) is 11.8. The molecule has 0 saturated heterocycles. The Bertz CT molecular complexity index is 321. The van der Waals surface area contributed by atoms with Crippen molar-refractivity contribution in [2.75, 3.05) is 0 Å². The number of rotatable bonds is 3. The first-order valence-corrected chi connectivity index (χ1v) is 5.41. The van der Waals surface area contributed by atoms with Crippen LogP contribution in [0.15, 0.2) is 18.2 Å². The summed E-state index contributed by atoms with van der Waals surface area (Å²) in [5, 5.41) is 11.1. The van der Waals surface area contributed by atoms with E-state index in [1.165, 1.54) is 0 Å². The highest BCUT2D eigenvalue weighted by Crippen LogP contribution is 2.31. The summed E-state index contributed by atoms with van der Waals surface area (Å²) in [6.45, 7) is 3.82. The highest BCUT2D eigenvalue weighted by atomic mass is 35.5. The molecule has 1 rings (SSSR count). The van der Waals surface area contributed by atoms with Crippen LogP contribution >= 0.6 is 23.2 Å². The molecule has 1 nitrogen and oxygen atoms in total. The molecule has 0 saturated carbocycles. The molecule has 0 unspecified atom stereocenters. The molecular formula is C11H14Cl2O. The molecule has 0 amide bonds. The molecule has 0 aliphatic heterocycles. The van der Waals surface area contributed by atoms with Crippen molar-refractivity contribution in [2.45, 2.75) is 32.3 Å². The SMILES string of the molecule is CCC[C@@](C)(O)c1ccc(Cl)c(Cl)c1. The number of hydrogen-bond acceptors (Lipinski definition) is 1. The number of hydrogen-bond donors (Lipinski definition) is 1. The van der Waals surface area contributed by atoms with Gasteiger partial charge in [-0.05, 0) is 31.0 Å². The van der Waals surface area contributed by atoms with E-state index in [1.54, 1.807) is 19.1 Å². The van der Waals surface area contributed by atoms with E-state index >= 15 is 0 Å². The Morgan fingerprint density at radius 3 is 2.43 bits per heavy atom. The van der Waals surface area contributed by atoms with Crippen LogP contribution in [-0.4, -0.2) is 5.11 Å². The first-order valence-electron chi connectivity index (χ1n) is 4.65. The quantitative estimate of drug-likeness (QED) is 0.836. The van der Waals surface area contributed by atoms with Crippen molar-refractivity contribution in [2.24, 2.45) is 0 Å². The summed E-state index contributed by atoms with van der Waals surface area (Å²) >= 11 is 11.7. The number of benzene rings is 1. The molecule has 1 aromatic rings. The summed E-state index contributed by atoms with van der Waals surface area (Å²) in [6, 6.07) is 5.24. The summed E-state index contributed by atoms with van der Waals surface area (Å²) in [6.07, 6.45) is 1.64. The van der Waals surface area contributed by atoms with Gasteiger partial charge in [-0.15, -0.1) is 0 Å². The lowest BCUT2D eigenvalue weighted by Gasteiger charge is -2.23. The van der Waals surface area contributed by atoms with Gasteiger partial charge in [0, 0.05) is 0 Å². The van der Waals surface area contributed by atoms with Crippen molar-refractivity contribution in [3.05, 3.63) is 33.8 Å². The second kappa shape index (κ2) is 4.52. The molecule has 3 heteroatoms. The lowest BCUT2D eigenvalue weighted by atomic mass is 9.91. The van der Waals surface area contributed by atoms with Gasteiger partial charge >= 0.3 is 0 Å². The van der Waals surface area contributed by atoms with Gasteiger partial charge in [0.05, 0.1) is 15.6 Å². The maximum Gasteiger partial charge on any atom is 0.0869 e. The van der Waals surface area contributed by atoms with Crippen molar-refractivity contribution >= 4 is 23.2 Å². The standard InChI is InChI=1S/C11H14Cl2O/c1-3-6-11(2,14)8-4-5-9(12)10(13)7-8/h4-5,7,14H,3,6H2,1-2H3/t11-/m1/s1. The van der Waals surface area contributed by atoms with Gasteiger partial charge < -0.3 is 5.11 Å². The van der Waals surface area contributed by atoms with E-state index in [9.17, 15) is 5.11 Å². The normalized spacial score (nSPS) is 15.2. The van der Waals surface area contributed by atoms with Gasteiger partial charge in [-0.2, -0.15) is 0 Å². The van der Waals surface area contributed by atoms with Gasteiger partial charge in [-0.25, -0.2) is 0 Å². The van der Waals surface area contributed by atoms with E-state index in [1.807, 2.05) is 13.0 Å². The summed E-state index contributed by atoms with van der Waals surface area (Å²) < 4.78 is 0. The Morgan fingerprint density at radius 2 is 1.93 bits per heavy atom. The molecule has 1 atom stereocenters. The Morgan fingerprint density at radius 1 is 1.29 bits per heavy atom. The van der Waals surface area contributed by atoms with E-state index in [-0.39, 0.29) is 0 Å². The third-order valence-electron chi connectivity index (χ3n) is 2.28. The molecule has 14 heavy (non-hydrogen) atoms. The molecule has 0 radical (unpaired) electrons. The first-order chi connectivity index (χ1) is 6.47. The molecule has 0 aliphatic carbocycles. The van der Waals surface area contributed by atoms with Gasteiger partial charge in [0.25, 0.3) is 0 Å². The average molecular weight is 233 g/mol. The Hall–Kier alpha value is -0.240. The van der Waals surface area contributed by atoms with Crippen molar-refractivity contribution in [1.82, 2.24) is 0 Å². The Labute approximate surface area is 94.7 Å². The second-order valence-electron chi connectivity index (χ2n) is 3.65. The molecule has 1 N–H and O–H groups in total. The maximum atomic E-state index is 10.1. The van der Waals surface area contributed by atoms with E-state index in [0.717, 1.165) is 12.0 Å². The van der Waals surface area contributed by atoms with Crippen LogP contribution in [0.4, 0.5) is 0 Å². The van der Waals surface area contributed by atoms with Crippen LogP contribution in [0, 0.1) is 0 Å². The van der Waals surface area contributed by atoms with E-state index in [0.29, 0.717) is 16.5 Å².